The van der Waals surface area contributed by atoms with Gasteiger partial charge in [-0.25, -0.2) is 0 Å². The van der Waals surface area contributed by atoms with Gasteiger partial charge < -0.3 is 0 Å². The van der Waals surface area contributed by atoms with Crippen LogP contribution in [0.15, 0.2) is 84.9 Å². The first kappa shape index (κ1) is 26.6. The molecule has 3 aromatic carbocycles. The van der Waals surface area contributed by atoms with E-state index in [1.807, 2.05) is 0 Å². The van der Waals surface area contributed by atoms with E-state index in [9.17, 15) is 0 Å². The average Bonchev–Trinajstić information content (AvgIpc) is 3.29. The van der Waals surface area contributed by atoms with E-state index < -0.39 is 7.92 Å². The van der Waals surface area contributed by atoms with Crippen molar-refractivity contribution in [2.24, 2.45) is 5.92 Å². The largest absolute Gasteiger partial charge is 0.0924 e. The lowest BCUT2D eigenvalue weighted by molar-refractivity contribution is 0.467. The second-order valence-corrected chi connectivity index (χ2v) is 18.6. The Morgan fingerprint density at radius 3 is 1.66 bits per heavy atom. The Hall–Kier alpha value is -1.48. The smallest absolute Gasteiger partial charge is 0.0116 e. The second-order valence-electron chi connectivity index (χ2n) is 12.2. The minimum atomic E-state index is -0.576. The maximum Gasteiger partial charge on any atom is -0.0116 e. The highest BCUT2D eigenvalue weighted by atomic mass is 31.1. The molecule has 0 nitrogen and oxygen atoms in total. The zero-order valence-corrected chi connectivity index (χ0v) is 24.6. The van der Waals surface area contributed by atoms with Gasteiger partial charge in [-0.05, 0) is 70.0 Å². The molecule has 3 atom stereocenters. The number of benzene rings is 3. The summed E-state index contributed by atoms with van der Waals surface area (Å²) in [6.45, 7) is 17.5. The summed E-state index contributed by atoms with van der Waals surface area (Å²) in [5, 5.41) is 5.20. The lowest BCUT2D eigenvalue weighted by atomic mass is 9.87. The molecule has 35 heavy (non-hydrogen) atoms. The Bertz CT molecular complexity index is 1020. The Morgan fingerprint density at radius 2 is 1.14 bits per heavy atom. The first-order chi connectivity index (χ1) is 16.6. The molecule has 0 bridgehead atoms. The number of hydrogen-bond donors (Lipinski definition) is 0. The molecule has 0 aromatic heterocycles. The standard InChI is InChI=1S/C33H44P2/c1-25(35(32(2,3)4)33(5,6)7)28-22-16-23-29(28)30-21-14-15-24-31(30)34(26-17-10-8-11-18-26)27-19-12-9-13-20-27/h8-15,17-21,24-25,28-29H,16,22-23H2,1-7H3. The third-order valence-electron chi connectivity index (χ3n) is 7.65. The number of hydrogen-bond acceptors (Lipinski definition) is 0. The third kappa shape index (κ3) is 5.92. The van der Waals surface area contributed by atoms with Crippen molar-refractivity contribution in [2.75, 3.05) is 0 Å². The maximum atomic E-state index is 2.60. The summed E-state index contributed by atoms with van der Waals surface area (Å²) in [6.07, 6.45) is 4.07. The van der Waals surface area contributed by atoms with Crippen molar-refractivity contribution in [3.05, 3.63) is 90.5 Å². The fraction of sp³-hybridized carbons (Fsp3) is 0.455. The molecule has 0 saturated heterocycles. The molecule has 0 spiro atoms. The highest BCUT2D eigenvalue weighted by Crippen LogP contribution is 2.66. The molecular weight excluding hydrogens is 458 g/mol. The predicted octanol–water partition coefficient (Wildman–Crippen LogP) is 8.80. The summed E-state index contributed by atoms with van der Waals surface area (Å²) in [4.78, 5) is 0. The van der Waals surface area contributed by atoms with Gasteiger partial charge in [-0.1, -0.05) is 148 Å². The topological polar surface area (TPSA) is 0 Å². The molecule has 1 saturated carbocycles. The van der Waals surface area contributed by atoms with E-state index in [4.69, 9.17) is 0 Å². The molecule has 0 radical (unpaired) electrons. The fourth-order valence-electron chi connectivity index (χ4n) is 6.96. The minimum Gasteiger partial charge on any atom is -0.0924 e. The SMILES string of the molecule is CC(C1CCCC1c1ccccc1P(c1ccccc1)c1ccccc1)P(C(C)(C)C)C(C)(C)C. The van der Waals surface area contributed by atoms with E-state index in [1.54, 1.807) is 10.9 Å². The summed E-state index contributed by atoms with van der Waals surface area (Å²) in [6, 6.07) is 31.9. The van der Waals surface area contributed by atoms with Gasteiger partial charge in [-0.2, -0.15) is 0 Å². The summed E-state index contributed by atoms with van der Waals surface area (Å²) in [5.41, 5.74) is 2.38. The van der Waals surface area contributed by atoms with E-state index in [1.165, 1.54) is 29.9 Å². The van der Waals surface area contributed by atoms with E-state index in [2.05, 4.69) is 133 Å². The number of rotatable bonds is 6. The van der Waals surface area contributed by atoms with E-state index in [0.717, 1.165) is 11.6 Å². The van der Waals surface area contributed by atoms with Gasteiger partial charge in [0.1, 0.15) is 0 Å². The summed E-state index contributed by atoms with van der Waals surface area (Å²) >= 11 is 0. The monoisotopic (exact) mass is 502 g/mol. The average molecular weight is 503 g/mol. The molecule has 0 N–H and O–H groups in total. The Balaban J connectivity index is 1.79. The van der Waals surface area contributed by atoms with Crippen LogP contribution in [0.1, 0.15) is 79.2 Å². The van der Waals surface area contributed by atoms with Crippen LogP contribution in [-0.4, -0.2) is 16.0 Å². The normalized spacial score (nSPS) is 19.9. The van der Waals surface area contributed by atoms with Crippen molar-refractivity contribution in [2.45, 2.75) is 89.6 Å². The van der Waals surface area contributed by atoms with Gasteiger partial charge >= 0.3 is 0 Å². The zero-order valence-electron chi connectivity index (χ0n) is 22.8. The van der Waals surface area contributed by atoms with Crippen molar-refractivity contribution in [3.8, 4) is 0 Å². The van der Waals surface area contributed by atoms with Crippen molar-refractivity contribution < 1.29 is 0 Å². The first-order valence-corrected chi connectivity index (χ1v) is 16.1. The van der Waals surface area contributed by atoms with Crippen LogP contribution in [-0.2, 0) is 0 Å². The molecule has 1 aliphatic rings. The lowest BCUT2D eigenvalue weighted by Gasteiger charge is -2.48. The van der Waals surface area contributed by atoms with Gasteiger partial charge in [0.15, 0.2) is 0 Å². The highest BCUT2D eigenvalue weighted by Gasteiger charge is 2.44. The predicted molar refractivity (Wildman–Crippen MR) is 161 cm³/mol. The van der Waals surface area contributed by atoms with Crippen LogP contribution in [0, 0.1) is 5.92 Å². The molecule has 1 fully saturated rings. The quantitative estimate of drug-likeness (QED) is 0.296. The molecule has 3 unspecified atom stereocenters. The molecule has 2 heteroatoms. The molecule has 0 heterocycles. The molecule has 1 aliphatic carbocycles. The van der Waals surface area contributed by atoms with E-state index >= 15 is 0 Å². The first-order valence-electron chi connectivity index (χ1n) is 13.4. The second kappa shape index (κ2) is 10.9. The van der Waals surface area contributed by atoms with E-state index in [0.29, 0.717) is 16.2 Å². The Kier molecular flexibility index (Phi) is 8.25. The summed E-state index contributed by atoms with van der Waals surface area (Å²) < 4.78 is 0. The van der Waals surface area contributed by atoms with Crippen LogP contribution in [0.3, 0.4) is 0 Å². The van der Waals surface area contributed by atoms with Crippen LogP contribution in [0.5, 0.6) is 0 Å². The summed E-state index contributed by atoms with van der Waals surface area (Å²) in [5.74, 6) is 1.43. The zero-order chi connectivity index (χ0) is 25.2. The maximum absolute atomic E-state index is 2.60. The van der Waals surface area contributed by atoms with Gasteiger partial charge in [0, 0.05) is 0 Å². The van der Waals surface area contributed by atoms with Crippen LogP contribution < -0.4 is 15.9 Å². The van der Waals surface area contributed by atoms with Gasteiger partial charge in [-0.15, -0.1) is 0 Å². The molecule has 0 aliphatic heterocycles. The van der Waals surface area contributed by atoms with Crippen molar-refractivity contribution >= 4 is 31.8 Å². The van der Waals surface area contributed by atoms with Gasteiger partial charge in [0.05, 0.1) is 0 Å². The van der Waals surface area contributed by atoms with Crippen molar-refractivity contribution in [1.82, 2.24) is 0 Å². The molecule has 0 amide bonds. The summed E-state index contributed by atoms with van der Waals surface area (Å²) in [7, 11) is -0.716. The fourth-order valence-corrected chi connectivity index (χ4v) is 14.7. The molecule has 4 rings (SSSR count). The van der Waals surface area contributed by atoms with E-state index in [-0.39, 0.29) is 7.92 Å². The molecular formula is C33H44P2. The molecule has 186 valence electrons. The van der Waals surface area contributed by atoms with Gasteiger partial charge in [-0.3, -0.25) is 0 Å². The highest BCUT2D eigenvalue weighted by molar-refractivity contribution is 7.79. The van der Waals surface area contributed by atoms with Crippen LogP contribution in [0.2, 0.25) is 0 Å². The third-order valence-corrected chi connectivity index (χ3v) is 14.3. The minimum absolute atomic E-state index is 0.139. The van der Waals surface area contributed by atoms with Crippen molar-refractivity contribution in [3.63, 3.8) is 0 Å². The van der Waals surface area contributed by atoms with Crippen LogP contribution in [0.25, 0.3) is 0 Å². The van der Waals surface area contributed by atoms with Gasteiger partial charge in [0.25, 0.3) is 0 Å². The van der Waals surface area contributed by atoms with Crippen LogP contribution in [0.4, 0.5) is 0 Å². The Morgan fingerprint density at radius 1 is 0.657 bits per heavy atom. The molecule has 3 aromatic rings. The van der Waals surface area contributed by atoms with Crippen LogP contribution >= 0.6 is 15.8 Å². The Labute approximate surface area is 217 Å². The van der Waals surface area contributed by atoms with Gasteiger partial charge in [0.2, 0.25) is 0 Å². The lowest BCUT2D eigenvalue weighted by Crippen LogP contribution is -2.35. The van der Waals surface area contributed by atoms with Crippen molar-refractivity contribution in [1.29, 1.82) is 0 Å².